The van der Waals surface area contributed by atoms with E-state index >= 15 is 0 Å². The molecule has 6 heterocycles. The largest absolute Gasteiger partial charge is 0.458 e. The number of carbonyl (C=O) groups is 2. The summed E-state index contributed by atoms with van der Waals surface area (Å²) in [5.41, 5.74) is 7.79. The van der Waals surface area contributed by atoms with Gasteiger partial charge in [-0.1, -0.05) is 69.4 Å². The lowest BCUT2D eigenvalue weighted by molar-refractivity contribution is -0.152. The topological polar surface area (TPSA) is 145 Å². The van der Waals surface area contributed by atoms with Crippen molar-refractivity contribution < 1.29 is 43.1 Å². The molecule has 2 saturated heterocycles. The normalized spacial score (nSPS) is 31.6. The molecule has 2 aromatic heterocycles. The lowest BCUT2D eigenvalue weighted by Crippen LogP contribution is -2.34. The van der Waals surface area contributed by atoms with Crippen molar-refractivity contribution in [2.45, 2.75) is 143 Å². The van der Waals surface area contributed by atoms with Gasteiger partial charge >= 0.3 is 11.9 Å². The van der Waals surface area contributed by atoms with Crippen molar-refractivity contribution >= 4 is 46.2 Å². The quantitative estimate of drug-likeness (QED) is 0.133. The maximum atomic E-state index is 13.3. The number of aryl methyl sites for hydroxylation is 4. The molecule has 0 saturated carbocycles. The van der Waals surface area contributed by atoms with Gasteiger partial charge in [0, 0.05) is 43.0 Å². The SMILES string of the molecule is Cc1cc2c(ncn2C)c2c1C(=O)O[C@@H](C)[C@H](C)/C=C\C(C)[C@H]1OC(C)(C)O[C@H]1CC=C2.Cc1cc2c(ncn2C)c2c1C(=O)O[C@@H](C)[C@H](C)/C=C\C(O)[C@H]1OC(C)(C)O[C@H]1CC=C2. The van der Waals surface area contributed by atoms with Crippen LogP contribution < -0.4 is 0 Å². The van der Waals surface area contributed by atoms with Crippen molar-refractivity contribution in [1.82, 2.24) is 19.1 Å². The molecule has 2 unspecified atom stereocenters. The third-order valence-corrected chi connectivity index (χ3v) is 12.9. The van der Waals surface area contributed by atoms with Crippen LogP contribution in [0.25, 0.3) is 34.2 Å². The number of imidazole rings is 2. The number of hydrogen-bond acceptors (Lipinski definition) is 11. The molecule has 64 heavy (non-hydrogen) atoms. The fourth-order valence-electron chi connectivity index (χ4n) is 9.03. The Bertz CT molecular complexity index is 2340. The fourth-order valence-corrected chi connectivity index (χ4v) is 9.03. The molecule has 0 aliphatic carbocycles. The Hall–Kier alpha value is -4.92. The van der Waals surface area contributed by atoms with E-state index in [-0.39, 0.29) is 60.2 Å². The number of carbonyl (C=O) groups excluding carboxylic acids is 2. The summed E-state index contributed by atoms with van der Waals surface area (Å²) in [6, 6.07) is 3.97. The van der Waals surface area contributed by atoms with E-state index < -0.39 is 23.8 Å². The van der Waals surface area contributed by atoms with E-state index in [4.69, 9.17) is 28.4 Å². The Morgan fingerprint density at radius 3 is 1.48 bits per heavy atom. The van der Waals surface area contributed by atoms with Crippen LogP contribution >= 0.6 is 0 Å². The Labute approximate surface area is 377 Å². The molecule has 8 rings (SSSR count). The molecule has 10 atom stereocenters. The average Bonchev–Trinajstić information content (AvgIpc) is 3.96. The van der Waals surface area contributed by atoms with Crippen molar-refractivity contribution in [2.75, 3.05) is 0 Å². The number of hydrogen-bond donors (Lipinski definition) is 1. The average molecular weight is 879 g/mol. The highest BCUT2D eigenvalue weighted by Gasteiger charge is 2.44. The molecule has 0 radical (unpaired) electrons. The van der Waals surface area contributed by atoms with Gasteiger partial charge in [-0.05, 0) is 91.5 Å². The predicted octanol–water partition coefficient (Wildman–Crippen LogP) is 9.11. The molecule has 13 heteroatoms. The molecule has 344 valence electrons. The number of fused-ring (bicyclic) bond motifs is 8. The molecule has 2 fully saturated rings. The smallest absolute Gasteiger partial charge is 0.339 e. The van der Waals surface area contributed by atoms with Crippen LogP contribution in [-0.4, -0.2) is 90.4 Å². The summed E-state index contributed by atoms with van der Waals surface area (Å²) < 4.78 is 40.2. The zero-order valence-electron chi connectivity index (χ0n) is 39.6. The zero-order chi connectivity index (χ0) is 46.4. The molecule has 2 aromatic carbocycles. The molecule has 0 bridgehead atoms. The third-order valence-electron chi connectivity index (χ3n) is 12.9. The van der Waals surface area contributed by atoms with Gasteiger partial charge in [-0.25, -0.2) is 19.6 Å². The van der Waals surface area contributed by atoms with Crippen molar-refractivity contribution in [3.8, 4) is 0 Å². The number of ether oxygens (including phenoxy) is 6. The molecule has 13 nitrogen and oxygen atoms in total. The van der Waals surface area contributed by atoms with E-state index in [1.165, 1.54) is 0 Å². The molecule has 4 aliphatic heterocycles. The molecule has 0 spiro atoms. The Balaban J connectivity index is 0.000000191. The van der Waals surface area contributed by atoms with Crippen LogP contribution in [0.1, 0.15) is 118 Å². The minimum absolute atomic E-state index is 0.0502. The molecule has 4 aliphatic rings. The highest BCUT2D eigenvalue weighted by atomic mass is 16.8. The number of aromatic nitrogens is 4. The van der Waals surface area contributed by atoms with Gasteiger partial charge < -0.3 is 42.7 Å². The van der Waals surface area contributed by atoms with E-state index in [1.54, 1.807) is 18.7 Å². The van der Waals surface area contributed by atoms with Crippen LogP contribution in [0.4, 0.5) is 0 Å². The van der Waals surface area contributed by atoms with E-state index in [9.17, 15) is 14.7 Å². The Kier molecular flexibility index (Phi) is 13.6. The first-order valence-corrected chi connectivity index (χ1v) is 22.5. The first-order valence-electron chi connectivity index (χ1n) is 22.5. The predicted molar refractivity (Wildman–Crippen MR) is 247 cm³/mol. The van der Waals surface area contributed by atoms with Gasteiger partial charge in [-0.15, -0.1) is 0 Å². The second-order valence-electron chi connectivity index (χ2n) is 19.0. The molecule has 0 amide bonds. The first-order chi connectivity index (χ1) is 30.1. The minimum atomic E-state index is -0.833. The summed E-state index contributed by atoms with van der Waals surface area (Å²) >= 11 is 0. The summed E-state index contributed by atoms with van der Waals surface area (Å²) in [6.07, 6.45) is 18.1. The lowest BCUT2D eigenvalue weighted by atomic mass is 9.93. The summed E-state index contributed by atoms with van der Waals surface area (Å²) in [5.74, 6) is -1.96. The maximum absolute atomic E-state index is 13.3. The number of benzene rings is 2. The van der Waals surface area contributed by atoms with Crippen LogP contribution in [0.5, 0.6) is 0 Å². The van der Waals surface area contributed by atoms with Gasteiger partial charge in [0.2, 0.25) is 0 Å². The Morgan fingerprint density at radius 1 is 0.609 bits per heavy atom. The number of aliphatic hydroxyl groups excluding tert-OH is 1. The van der Waals surface area contributed by atoms with Crippen molar-refractivity contribution in [3.63, 3.8) is 0 Å². The number of aliphatic hydroxyl groups is 1. The van der Waals surface area contributed by atoms with E-state index in [2.05, 4.69) is 42.0 Å². The maximum Gasteiger partial charge on any atom is 0.339 e. The van der Waals surface area contributed by atoms with Crippen molar-refractivity contribution in [3.05, 3.63) is 94.6 Å². The van der Waals surface area contributed by atoms with Crippen molar-refractivity contribution in [2.24, 2.45) is 31.8 Å². The summed E-state index contributed by atoms with van der Waals surface area (Å²) in [6.45, 7) is 21.4. The second-order valence-corrected chi connectivity index (χ2v) is 19.0. The van der Waals surface area contributed by atoms with Crippen LogP contribution in [0.2, 0.25) is 0 Å². The first kappa shape index (κ1) is 47.1. The van der Waals surface area contributed by atoms with E-state index in [0.29, 0.717) is 24.0 Å². The highest BCUT2D eigenvalue weighted by Crippen LogP contribution is 2.37. The molecule has 1 N–H and O–H groups in total. The zero-order valence-corrected chi connectivity index (χ0v) is 39.6. The van der Waals surface area contributed by atoms with Crippen molar-refractivity contribution in [1.29, 1.82) is 0 Å². The van der Waals surface area contributed by atoms with Gasteiger partial charge in [-0.3, -0.25) is 0 Å². The second kappa shape index (κ2) is 18.5. The highest BCUT2D eigenvalue weighted by molar-refractivity contribution is 6.03. The Morgan fingerprint density at radius 2 is 1.02 bits per heavy atom. The van der Waals surface area contributed by atoms with Gasteiger partial charge in [0.1, 0.15) is 24.4 Å². The monoisotopic (exact) mass is 878 g/mol. The van der Waals surface area contributed by atoms with Gasteiger partial charge in [0.05, 0.1) is 64.2 Å². The minimum Gasteiger partial charge on any atom is -0.458 e. The third kappa shape index (κ3) is 9.84. The molecular weight excluding hydrogens is 813 g/mol. The van der Waals surface area contributed by atoms with Crippen LogP contribution in [-0.2, 0) is 42.5 Å². The summed E-state index contributed by atoms with van der Waals surface area (Å²) in [5, 5.41) is 10.8. The van der Waals surface area contributed by atoms with Gasteiger partial charge in [0.15, 0.2) is 11.6 Å². The molecular formula is C51H66N4O9. The van der Waals surface area contributed by atoms with Crippen LogP contribution in [0.15, 0.2) is 61.2 Å². The number of rotatable bonds is 0. The standard InChI is InChI=1S/C26H34N2O4.C25H32N2O5/c1-15-11-12-16(2)24-21(31-26(5,6)32-24)10-8-9-19-22(25(29)30-18(15)4)17(3)13-20-23(19)27-14-28(20)7;1-14-10-11-19(28)23-20(31-25(4,5)32-23)9-7-8-17-21(24(29)30-16(14)3)15(2)12-18-22(17)26-13-27(18)6/h8-9,11-16,18,21,24H,10H2,1-7H3;7-8,10-14,16,19-20,23,28H,9H2,1-6H3/b9-8?,12-11-;8-7?,11-10-/t15-,16?,18+,21+,24-;14-,16+,19?,20+,23-/m11/s1. The number of cyclic esters (lactones) is 2. The summed E-state index contributed by atoms with van der Waals surface area (Å²) in [7, 11) is 3.89. The van der Waals surface area contributed by atoms with Gasteiger partial charge in [0.25, 0.3) is 0 Å². The van der Waals surface area contributed by atoms with Crippen LogP contribution in [0.3, 0.4) is 0 Å². The lowest BCUT2D eigenvalue weighted by Gasteiger charge is -2.23. The number of nitrogens with zero attached hydrogens (tertiary/aromatic N) is 4. The number of esters is 2. The van der Waals surface area contributed by atoms with Gasteiger partial charge in [-0.2, -0.15) is 0 Å². The fraction of sp³-hybridized carbons (Fsp3) is 0.529. The molecule has 4 aromatic rings. The summed E-state index contributed by atoms with van der Waals surface area (Å²) in [4.78, 5) is 35.6. The van der Waals surface area contributed by atoms with Crippen LogP contribution in [0, 0.1) is 31.6 Å². The van der Waals surface area contributed by atoms with E-state index in [1.807, 2.05) is 122 Å². The van der Waals surface area contributed by atoms with E-state index in [0.717, 1.165) is 44.3 Å².